The van der Waals surface area contributed by atoms with Gasteiger partial charge in [-0.3, -0.25) is 0 Å². The Kier molecular flexibility index (Phi) is 3.34. The van der Waals surface area contributed by atoms with Crippen molar-refractivity contribution in [3.63, 3.8) is 0 Å². The first kappa shape index (κ1) is 11.3. The number of rotatable bonds is 2. The molecule has 0 radical (unpaired) electrons. The molecule has 0 spiro atoms. The van der Waals surface area contributed by atoms with E-state index in [0.29, 0.717) is 5.69 Å². The summed E-state index contributed by atoms with van der Waals surface area (Å²) in [6.07, 6.45) is -4.69. The molecule has 1 rings (SSSR count). The molecule has 0 saturated heterocycles. The summed E-state index contributed by atoms with van der Waals surface area (Å²) in [6.45, 7) is 0. The number of benzene rings is 1. The van der Waals surface area contributed by atoms with E-state index in [0.717, 1.165) is 16.1 Å². The van der Waals surface area contributed by atoms with E-state index >= 15 is 0 Å². The second-order valence-electron chi connectivity index (χ2n) is 2.27. The van der Waals surface area contributed by atoms with Crippen molar-refractivity contribution in [3.05, 3.63) is 24.3 Å². The van der Waals surface area contributed by atoms with Gasteiger partial charge < -0.3 is 4.74 Å². The third-order valence-corrected chi connectivity index (χ3v) is 1.66. The first-order chi connectivity index (χ1) is 6.38. The third-order valence-electron chi connectivity index (χ3n) is 1.27. The summed E-state index contributed by atoms with van der Waals surface area (Å²) in [5.74, 6) is -0.323. The number of hydrogen-bond acceptors (Lipinski definition) is 2. The summed E-state index contributed by atoms with van der Waals surface area (Å²) in [5, 5.41) is 0. The predicted molar refractivity (Wildman–Crippen MR) is 47.3 cm³/mol. The number of alkyl halides is 3. The Morgan fingerprint density at radius 1 is 1.07 bits per heavy atom. The van der Waals surface area contributed by atoms with Crippen LogP contribution >= 0.6 is 23.6 Å². The van der Waals surface area contributed by atoms with Gasteiger partial charge in [0.15, 0.2) is 0 Å². The van der Waals surface area contributed by atoms with Crippen molar-refractivity contribution < 1.29 is 17.9 Å². The Morgan fingerprint density at radius 3 is 1.93 bits per heavy atom. The standard InChI is InChI=1S/C7H4Cl2F3NO/c8-13(9)5-1-3-6(4-2-5)14-7(10,11)12/h1-4H. The molecule has 0 amide bonds. The number of hydrogen-bond donors (Lipinski definition) is 0. The largest absolute Gasteiger partial charge is 0.573 e. The van der Waals surface area contributed by atoms with Crippen molar-refractivity contribution in [3.8, 4) is 5.75 Å². The Hall–Kier alpha value is -0.810. The van der Waals surface area contributed by atoms with Crippen LogP contribution in [0.15, 0.2) is 24.3 Å². The average molecular weight is 246 g/mol. The lowest BCUT2D eigenvalue weighted by Crippen LogP contribution is -2.17. The van der Waals surface area contributed by atoms with Crippen molar-refractivity contribution in [2.45, 2.75) is 6.36 Å². The zero-order chi connectivity index (χ0) is 10.8. The molecular weight excluding hydrogens is 242 g/mol. The van der Waals surface area contributed by atoms with Crippen molar-refractivity contribution >= 4 is 29.2 Å². The highest BCUT2D eigenvalue weighted by Crippen LogP contribution is 2.26. The van der Waals surface area contributed by atoms with Crippen LogP contribution < -0.4 is 8.67 Å². The normalized spacial score (nSPS) is 11.2. The molecule has 2 nitrogen and oxygen atoms in total. The lowest BCUT2D eigenvalue weighted by Gasteiger charge is -2.10. The molecule has 14 heavy (non-hydrogen) atoms. The van der Waals surface area contributed by atoms with Gasteiger partial charge in [-0.1, -0.05) is 0 Å². The first-order valence-corrected chi connectivity index (χ1v) is 4.03. The van der Waals surface area contributed by atoms with E-state index in [4.69, 9.17) is 23.6 Å². The fourth-order valence-electron chi connectivity index (χ4n) is 0.760. The summed E-state index contributed by atoms with van der Waals surface area (Å²) in [6, 6.07) is 4.81. The number of halogens is 5. The molecule has 0 heterocycles. The zero-order valence-corrected chi connectivity index (χ0v) is 8.07. The van der Waals surface area contributed by atoms with E-state index in [2.05, 4.69) is 4.74 Å². The van der Waals surface area contributed by atoms with Gasteiger partial charge in [-0.15, -0.1) is 13.2 Å². The van der Waals surface area contributed by atoms with Crippen LogP contribution in [0.25, 0.3) is 0 Å². The quantitative estimate of drug-likeness (QED) is 0.737. The SMILES string of the molecule is FC(F)(F)Oc1ccc(N(Cl)Cl)cc1. The number of anilines is 1. The Bertz CT molecular complexity index is 299. The summed E-state index contributed by atoms with van der Waals surface area (Å²) in [4.78, 5) is 0. The molecule has 1 aromatic rings. The second kappa shape index (κ2) is 4.14. The fourth-order valence-corrected chi connectivity index (χ4v) is 0.986. The van der Waals surface area contributed by atoms with Crippen LogP contribution in [0.1, 0.15) is 0 Å². The second-order valence-corrected chi connectivity index (χ2v) is 3.12. The predicted octanol–water partition coefficient (Wildman–Crippen LogP) is 3.70. The molecule has 0 aliphatic carbocycles. The fraction of sp³-hybridized carbons (Fsp3) is 0.143. The van der Waals surface area contributed by atoms with Crippen molar-refractivity contribution in [1.29, 1.82) is 0 Å². The molecule has 0 aliphatic heterocycles. The monoisotopic (exact) mass is 245 g/mol. The molecule has 7 heteroatoms. The van der Waals surface area contributed by atoms with Gasteiger partial charge in [0, 0.05) is 23.6 Å². The van der Waals surface area contributed by atoms with Gasteiger partial charge in [-0.25, -0.2) is 0 Å². The summed E-state index contributed by atoms with van der Waals surface area (Å²) in [5.41, 5.74) is 0.350. The molecule has 1 aromatic carbocycles. The third kappa shape index (κ3) is 3.51. The molecule has 0 unspecified atom stereocenters. The highest BCUT2D eigenvalue weighted by Gasteiger charge is 2.30. The van der Waals surface area contributed by atoms with E-state index in [1.165, 1.54) is 12.1 Å². The minimum absolute atomic E-state index is 0.323. The smallest absolute Gasteiger partial charge is 0.406 e. The molecule has 0 fully saturated rings. The van der Waals surface area contributed by atoms with Crippen LogP contribution in [-0.4, -0.2) is 6.36 Å². The summed E-state index contributed by atoms with van der Waals surface area (Å²) in [7, 11) is 0. The van der Waals surface area contributed by atoms with Gasteiger partial charge in [0.1, 0.15) is 5.75 Å². The summed E-state index contributed by atoms with van der Waals surface area (Å²) >= 11 is 10.6. The van der Waals surface area contributed by atoms with Gasteiger partial charge in [-0.2, -0.15) is 3.94 Å². The van der Waals surface area contributed by atoms with Crippen molar-refractivity contribution in [1.82, 2.24) is 0 Å². The van der Waals surface area contributed by atoms with E-state index < -0.39 is 6.36 Å². The van der Waals surface area contributed by atoms with Crippen LogP contribution in [0.5, 0.6) is 5.75 Å². The van der Waals surface area contributed by atoms with Gasteiger partial charge in [0.25, 0.3) is 0 Å². The molecule has 0 N–H and O–H groups in total. The molecule has 78 valence electrons. The molecule has 0 atom stereocenters. The van der Waals surface area contributed by atoms with Gasteiger partial charge in [0.05, 0.1) is 5.69 Å². The van der Waals surface area contributed by atoms with E-state index in [1.54, 1.807) is 0 Å². The number of ether oxygens (including phenoxy) is 1. The molecule has 0 saturated carbocycles. The average Bonchev–Trinajstić information content (AvgIpc) is 2.02. The van der Waals surface area contributed by atoms with E-state index in [9.17, 15) is 13.2 Å². The van der Waals surface area contributed by atoms with Crippen LogP contribution in [0, 0.1) is 0 Å². The highest BCUT2D eigenvalue weighted by molar-refractivity contribution is 6.49. The Labute approximate surface area is 88.0 Å². The zero-order valence-electron chi connectivity index (χ0n) is 6.55. The van der Waals surface area contributed by atoms with E-state index in [-0.39, 0.29) is 5.75 Å². The van der Waals surface area contributed by atoms with Crippen LogP contribution in [0.2, 0.25) is 0 Å². The first-order valence-electron chi connectivity index (χ1n) is 3.36. The van der Waals surface area contributed by atoms with Gasteiger partial charge >= 0.3 is 6.36 Å². The van der Waals surface area contributed by atoms with Crippen LogP contribution in [0.4, 0.5) is 18.9 Å². The topological polar surface area (TPSA) is 12.5 Å². The Balaban J connectivity index is 2.74. The molecule has 0 aromatic heterocycles. The van der Waals surface area contributed by atoms with Crippen LogP contribution in [0.3, 0.4) is 0 Å². The molecular formula is C7H4Cl2F3NO. The maximum atomic E-state index is 11.7. The maximum Gasteiger partial charge on any atom is 0.573 e. The number of nitrogens with zero attached hydrogens (tertiary/aromatic N) is 1. The molecule has 0 bridgehead atoms. The highest BCUT2D eigenvalue weighted by atomic mass is 35.5. The lowest BCUT2D eigenvalue weighted by molar-refractivity contribution is -0.274. The Morgan fingerprint density at radius 2 is 1.57 bits per heavy atom. The maximum absolute atomic E-state index is 11.7. The minimum Gasteiger partial charge on any atom is -0.406 e. The lowest BCUT2D eigenvalue weighted by atomic mass is 10.3. The van der Waals surface area contributed by atoms with Crippen molar-refractivity contribution in [2.75, 3.05) is 3.94 Å². The summed E-state index contributed by atoms with van der Waals surface area (Å²) < 4.78 is 39.5. The molecule has 0 aliphatic rings. The van der Waals surface area contributed by atoms with Crippen LogP contribution in [-0.2, 0) is 0 Å². The van der Waals surface area contributed by atoms with Gasteiger partial charge in [0.2, 0.25) is 0 Å². The van der Waals surface area contributed by atoms with E-state index in [1.807, 2.05) is 0 Å². The minimum atomic E-state index is -4.69. The van der Waals surface area contributed by atoms with Gasteiger partial charge in [-0.05, 0) is 24.3 Å². The van der Waals surface area contributed by atoms with Crippen molar-refractivity contribution in [2.24, 2.45) is 0 Å².